The standard InChI is InChI=1S/C15H22ClFN2O/c1-11(2)18-8-13-10-20-7-6-19(13)9-12-4-3-5-14(17)15(12)16/h3-5,11,13,18H,6-10H2,1-2H3. The molecule has 5 heteroatoms. The molecular weight excluding hydrogens is 279 g/mol. The Bertz CT molecular complexity index is 442. The molecule has 0 radical (unpaired) electrons. The Kier molecular flexibility index (Phi) is 5.78. The van der Waals surface area contributed by atoms with E-state index in [-0.39, 0.29) is 10.8 Å². The van der Waals surface area contributed by atoms with E-state index in [1.54, 1.807) is 6.07 Å². The zero-order chi connectivity index (χ0) is 14.5. The number of hydrogen-bond acceptors (Lipinski definition) is 3. The number of benzene rings is 1. The summed E-state index contributed by atoms with van der Waals surface area (Å²) in [5, 5.41) is 3.66. The Morgan fingerprint density at radius 1 is 1.50 bits per heavy atom. The lowest BCUT2D eigenvalue weighted by molar-refractivity contribution is -0.0115. The van der Waals surface area contributed by atoms with Crippen molar-refractivity contribution < 1.29 is 9.13 Å². The van der Waals surface area contributed by atoms with Crippen molar-refractivity contribution in [3.63, 3.8) is 0 Å². The van der Waals surface area contributed by atoms with Crippen molar-refractivity contribution in [2.75, 3.05) is 26.3 Å². The average molecular weight is 301 g/mol. The van der Waals surface area contributed by atoms with Crippen LogP contribution in [0.25, 0.3) is 0 Å². The molecule has 1 fully saturated rings. The molecule has 1 saturated heterocycles. The summed E-state index contributed by atoms with van der Waals surface area (Å²) in [5.41, 5.74) is 0.836. The number of halogens is 2. The van der Waals surface area contributed by atoms with Crippen LogP contribution in [0.4, 0.5) is 4.39 Å². The first-order chi connectivity index (χ1) is 9.58. The van der Waals surface area contributed by atoms with Gasteiger partial charge in [0.15, 0.2) is 0 Å². The fraction of sp³-hybridized carbons (Fsp3) is 0.600. The van der Waals surface area contributed by atoms with Crippen molar-refractivity contribution in [1.82, 2.24) is 10.2 Å². The van der Waals surface area contributed by atoms with Gasteiger partial charge in [-0.15, -0.1) is 0 Å². The van der Waals surface area contributed by atoms with Crippen LogP contribution in [0.15, 0.2) is 18.2 Å². The Morgan fingerprint density at radius 3 is 3.05 bits per heavy atom. The molecule has 0 bridgehead atoms. The highest BCUT2D eigenvalue weighted by atomic mass is 35.5. The molecule has 2 rings (SSSR count). The summed E-state index contributed by atoms with van der Waals surface area (Å²) in [6, 6.07) is 5.72. The summed E-state index contributed by atoms with van der Waals surface area (Å²) in [6.45, 7) is 8.03. The average Bonchev–Trinajstić information content (AvgIpc) is 2.43. The maximum atomic E-state index is 13.5. The van der Waals surface area contributed by atoms with Gasteiger partial charge in [0, 0.05) is 31.7 Å². The maximum Gasteiger partial charge on any atom is 0.142 e. The Hall–Kier alpha value is -0.680. The molecule has 0 aromatic heterocycles. The minimum absolute atomic E-state index is 0.231. The van der Waals surface area contributed by atoms with Crippen LogP contribution in [-0.4, -0.2) is 43.3 Å². The van der Waals surface area contributed by atoms with Gasteiger partial charge in [-0.25, -0.2) is 4.39 Å². The van der Waals surface area contributed by atoms with Gasteiger partial charge in [-0.3, -0.25) is 4.90 Å². The number of hydrogen-bond donors (Lipinski definition) is 1. The molecule has 1 unspecified atom stereocenters. The SMILES string of the molecule is CC(C)NCC1COCCN1Cc1cccc(F)c1Cl. The molecule has 3 nitrogen and oxygen atoms in total. The molecule has 1 atom stereocenters. The summed E-state index contributed by atoms with van der Waals surface area (Å²) >= 11 is 6.04. The van der Waals surface area contributed by atoms with Crippen molar-refractivity contribution in [1.29, 1.82) is 0 Å². The van der Waals surface area contributed by atoms with Gasteiger partial charge in [0.1, 0.15) is 5.82 Å². The van der Waals surface area contributed by atoms with Gasteiger partial charge in [-0.05, 0) is 11.6 Å². The van der Waals surface area contributed by atoms with Crippen LogP contribution in [0, 0.1) is 5.82 Å². The van der Waals surface area contributed by atoms with E-state index in [1.165, 1.54) is 6.07 Å². The molecule has 112 valence electrons. The van der Waals surface area contributed by atoms with Crippen LogP contribution >= 0.6 is 11.6 Å². The number of nitrogens with zero attached hydrogens (tertiary/aromatic N) is 1. The van der Waals surface area contributed by atoms with Crippen molar-refractivity contribution in [3.8, 4) is 0 Å². The molecule has 0 aliphatic carbocycles. The Morgan fingerprint density at radius 2 is 2.30 bits per heavy atom. The van der Waals surface area contributed by atoms with Crippen LogP contribution in [-0.2, 0) is 11.3 Å². The smallest absolute Gasteiger partial charge is 0.142 e. The van der Waals surface area contributed by atoms with Gasteiger partial charge in [0.2, 0.25) is 0 Å². The lowest BCUT2D eigenvalue weighted by atomic mass is 10.1. The number of morpholine rings is 1. The molecule has 0 spiro atoms. The van der Waals surface area contributed by atoms with Gasteiger partial charge in [-0.2, -0.15) is 0 Å². The lowest BCUT2D eigenvalue weighted by Gasteiger charge is -2.36. The summed E-state index contributed by atoms with van der Waals surface area (Å²) in [4.78, 5) is 2.31. The molecule has 1 aromatic carbocycles. The van der Waals surface area contributed by atoms with Crippen LogP contribution in [0.5, 0.6) is 0 Å². The second kappa shape index (κ2) is 7.36. The van der Waals surface area contributed by atoms with Crippen molar-refractivity contribution >= 4 is 11.6 Å². The third-order valence-electron chi connectivity index (χ3n) is 3.52. The Labute approximate surface area is 125 Å². The zero-order valence-corrected chi connectivity index (χ0v) is 12.8. The van der Waals surface area contributed by atoms with Crippen LogP contribution < -0.4 is 5.32 Å². The van der Waals surface area contributed by atoms with Crippen molar-refractivity contribution in [2.24, 2.45) is 0 Å². The van der Waals surface area contributed by atoms with Crippen LogP contribution in [0.1, 0.15) is 19.4 Å². The minimum atomic E-state index is -0.353. The van der Waals surface area contributed by atoms with E-state index in [1.807, 2.05) is 6.07 Å². The molecule has 0 amide bonds. The van der Waals surface area contributed by atoms with E-state index < -0.39 is 0 Å². The van der Waals surface area contributed by atoms with Gasteiger partial charge in [0.25, 0.3) is 0 Å². The topological polar surface area (TPSA) is 24.5 Å². The van der Waals surface area contributed by atoms with Crippen molar-refractivity contribution in [3.05, 3.63) is 34.6 Å². The minimum Gasteiger partial charge on any atom is -0.378 e. The predicted molar refractivity (Wildman–Crippen MR) is 79.6 cm³/mol. The van der Waals surface area contributed by atoms with E-state index in [2.05, 4.69) is 24.1 Å². The maximum absolute atomic E-state index is 13.5. The molecule has 1 heterocycles. The second-order valence-corrected chi connectivity index (χ2v) is 5.85. The Balaban J connectivity index is 2.02. The zero-order valence-electron chi connectivity index (χ0n) is 12.0. The largest absolute Gasteiger partial charge is 0.378 e. The van der Waals surface area contributed by atoms with E-state index in [0.717, 1.165) is 18.7 Å². The quantitative estimate of drug-likeness (QED) is 0.905. The van der Waals surface area contributed by atoms with E-state index in [9.17, 15) is 4.39 Å². The third-order valence-corrected chi connectivity index (χ3v) is 3.94. The normalized spacial score (nSPS) is 20.6. The number of rotatable bonds is 5. The number of nitrogens with one attached hydrogen (secondary N) is 1. The van der Waals surface area contributed by atoms with Gasteiger partial charge >= 0.3 is 0 Å². The van der Waals surface area contributed by atoms with Crippen LogP contribution in [0.3, 0.4) is 0 Å². The van der Waals surface area contributed by atoms with E-state index >= 15 is 0 Å². The summed E-state index contributed by atoms with van der Waals surface area (Å²) in [7, 11) is 0. The third kappa shape index (κ3) is 4.16. The van der Waals surface area contributed by atoms with E-state index in [0.29, 0.717) is 31.8 Å². The van der Waals surface area contributed by atoms with Gasteiger partial charge in [0.05, 0.1) is 18.2 Å². The van der Waals surface area contributed by atoms with Gasteiger partial charge < -0.3 is 10.1 Å². The first-order valence-corrected chi connectivity index (χ1v) is 7.43. The van der Waals surface area contributed by atoms with E-state index in [4.69, 9.17) is 16.3 Å². The molecule has 1 aliphatic rings. The monoisotopic (exact) mass is 300 g/mol. The highest BCUT2D eigenvalue weighted by Crippen LogP contribution is 2.22. The molecule has 1 N–H and O–H groups in total. The van der Waals surface area contributed by atoms with Crippen molar-refractivity contribution in [2.45, 2.75) is 32.5 Å². The van der Waals surface area contributed by atoms with Gasteiger partial charge in [-0.1, -0.05) is 37.6 Å². The number of ether oxygens (including phenoxy) is 1. The second-order valence-electron chi connectivity index (χ2n) is 5.48. The fourth-order valence-corrected chi connectivity index (χ4v) is 2.53. The lowest BCUT2D eigenvalue weighted by Crippen LogP contribution is -2.50. The summed E-state index contributed by atoms with van der Waals surface area (Å²) in [6.07, 6.45) is 0. The first kappa shape index (κ1) is 15.7. The molecule has 1 aromatic rings. The summed E-state index contributed by atoms with van der Waals surface area (Å²) in [5.74, 6) is -0.353. The fourth-order valence-electron chi connectivity index (χ4n) is 2.35. The van der Waals surface area contributed by atoms with Crippen LogP contribution in [0.2, 0.25) is 5.02 Å². The first-order valence-electron chi connectivity index (χ1n) is 7.06. The molecule has 1 aliphatic heterocycles. The molecule has 0 saturated carbocycles. The summed E-state index contributed by atoms with van der Waals surface area (Å²) < 4.78 is 19.0. The molecule has 20 heavy (non-hydrogen) atoms. The molecular formula is C15H22ClFN2O. The predicted octanol–water partition coefficient (Wildman–Crippen LogP) is 2.68. The highest BCUT2D eigenvalue weighted by Gasteiger charge is 2.24. The highest BCUT2D eigenvalue weighted by molar-refractivity contribution is 6.31.